The molecular weight excluding hydrogens is 228 g/mol. The Morgan fingerprint density at radius 2 is 2.17 bits per heavy atom. The van der Waals surface area contributed by atoms with Gasteiger partial charge in [-0.3, -0.25) is 4.98 Å². The second-order valence-corrected chi connectivity index (χ2v) is 4.91. The van der Waals surface area contributed by atoms with Crippen LogP contribution in [0.1, 0.15) is 49.2 Å². The largest absolute Gasteiger partial charge is 0.478 e. The van der Waals surface area contributed by atoms with Gasteiger partial charge in [0.15, 0.2) is 0 Å². The smallest absolute Gasteiger partial charge is 0.337 e. The molecule has 0 atom stereocenters. The number of hydrogen-bond acceptors (Lipinski definition) is 3. The van der Waals surface area contributed by atoms with Crippen molar-refractivity contribution in [1.29, 1.82) is 0 Å². The summed E-state index contributed by atoms with van der Waals surface area (Å²) in [5.41, 5.74) is 1.11. The number of nitrogens with zero attached hydrogens (tertiary/aromatic N) is 1. The molecule has 0 radical (unpaired) electrons. The van der Waals surface area contributed by atoms with Gasteiger partial charge in [-0.15, -0.1) is 0 Å². The molecule has 0 aliphatic heterocycles. The first kappa shape index (κ1) is 14.6. The minimum atomic E-state index is -0.935. The van der Waals surface area contributed by atoms with E-state index in [1.54, 1.807) is 12.1 Å². The van der Waals surface area contributed by atoms with E-state index in [2.05, 4.69) is 24.1 Å². The first-order valence-electron chi connectivity index (χ1n) is 6.48. The van der Waals surface area contributed by atoms with E-state index in [0.717, 1.165) is 18.2 Å². The van der Waals surface area contributed by atoms with E-state index in [4.69, 9.17) is 5.11 Å². The molecule has 18 heavy (non-hydrogen) atoms. The van der Waals surface area contributed by atoms with E-state index in [0.29, 0.717) is 6.54 Å². The van der Waals surface area contributed by atoms with Crippen molar-refractivity contribution in [2.24, 2.45) is 5.92 Å². The number of hydrogen-bond donors (Lipinski definition) is 2. The third kappa shape index (κ3) is 5.77. The van der Waals surface area contributed by atoms with Crippen LogP contribution in [-0.4, -0.2) is 22.6 Å². The first-order valence-corrected chi connectivity index (χ1v) is 6.48. The minimum absolute atomic E-state index is 0.232. The van der Waals surface area contributed by atoms with Gasteiger partial charge in [-0.2, -0.15) is 0 Å². The van der Waals surface area contributed by atoms with Crippen LogP contribution in [0.3, 0.4) is 0 Å². The number of carboxylic acids is 1. The average molecular weight is 250 g/mol. The fourth-order valence-corrected chi connectivity index (χ4v) is 1.67. The highest BCUT2D eigenvalue weighted by atomic mass is 16.4. The van der Waals surface area contributed by atoms with Gasteiger partial charge in [0.25, 0.3) is 0 Å². The lowest BCUT2D eigenvalue weighted by Crippen LogP contribution is -2.15. The molecule has 0 aliphatic carbocycles. The number of carbonyl (C=O) groups is 1. The van der Waals surface area contributed by atoms with E-state index in [1.807, 2.05) is 0 Å². The highest BCUT2D eigenvalue weighted by molar-refractivity contribution is 5.87. The summed E-state index contributed by atoms with van der Waals surface area (Å²) in [6, 6.07) is 3.34. The van der Waals surface area contributed by atoms with Crippen LogP contribution < -0.4 is 5.32 Å². The van der Waals surface area contributed by atoms with E-state index in [9.17, 15) is 4.79 Å². The second kappa shape index (κ2) is 7.82. The number of aromatic nitrogens is 1. The fourth-order valence-electron chi connectivity index (χ4n) is 1.67. The number of rotatable bonds is 8. The zero-order chi connectivity index (χ0) is 13.4. The molecule has 2 N–H and O–H groups in total. The molecule has 0 unspecified atom stereocenters. The summed E-state index contributed by atoms with van der Waals surface area (Å²) < 4.78 is 0. The Labute approximate surface area is 108 Å². The van der Waals surface area contributed by atoms with Crippen molar-refractivity contribution in [1.82, 2.24) is 10.3 Å². The van der Waals surface area contributed by atoms with Crippen molar-refractivity contribution < 1.29 is 9.90 Å². The van der Waals surface area contributed by atoms with Crippen molar-refractivity contribution in [2.45, 2.75) is 39.7 Å². The summed E-state index contributed by atoms with van der Waals surface area (Å²) in [7, 11) is 0. The number of carboxylic acid groups (broad SMARTS) is 1. The Hall–Kier alpha value is -1.42. The normalized spacial score (nSPS) is 10.8. The molecule has 0 fully saturated rings. The molecule has 0 aromatic carbocycles. The van der Waals surface area contributed by atoms with Gasteiger partial charge in [-0.05, 0) is 31.0 Å². The highest BCUT2D eigenvalue weighted by Crippen LogP contribution is 2.05. The Kier molecular flexibility index (Phi) is 6.36. The molecule has 0 spiro atoms. The Morgan fingerprint density at radius 3 is 2.72 bits per heavy atom. The van der Waals surface area contributed by atoms with E-state index in [1.165, 1.54) is 25.5 Å². The summed E-state index contributed by atoms with van der Waals surface area (Å²) in [6.45, 7) is 6.15. The van der Waals surface area contributed by atoms with Gasteiger partial charge in [-0.25, -0.2) is 4.79 Å². The number of aromatic carboxylic acids is 1. The van der Waals surface area contributed by atoms with E-state index in [-0.39, 0.29) is 5.56 Å². The minimum Gasteiger partial charge on any atom is -0.478 e. The lowest BCUT2D eigenvalue weighted by atomic mass is 10.1. The molecule has 0 aliphatic rings. The topological polar surface area (TPSA) is 62.2 Å². The maximum absolute atomic E-state index is 10.6. The lowest BCUT2D eigenvalue weighted by Gasteiger charge is -2.06. The zero-order valence-electron chi connectivity index (χ0n) is 11.1. The maximum Gasteiger partial charge on any atom is 0.337 e. The Bertz CT molecular complexity index is 361. The SMILES string of the molecule is CC(C)CCCCNCc1ccc(C(=O)O)cn1. The first-order chi connectivity index (χ1) is 8.59. The molecule has 0 saturated heterocycles. The fraction of sp³-hybridized carbons (Fsp3) is 0.571. The van der Waals surface area contributed by atoms with Gasteiger partial charge in [0.05, 0.1) is 11.3 Å². The lowest BCUT2D eigenvalue weighted by molar-refractivity contribution is 0.0696. The van der Waals surface area contributed by atoms with Crippen LogP contribution in [0.2, 0.25) is 0 Å². The van der Waals surface area contributed by atoms with Crippen LogP contribution in [0, 0.1) is 5.92 Å². The summed E-state index contributed by atoms with van der Waals surface area (Å²) in [5.74, 6) is -0.161. The molecule has 100 valence electrons. The molecular formula is C14H22N2O2. The molecule has 0 amide bonds. The molecule has 1 aromatic rings. The second-order valence-electron chi connectivity index (χ2n) is 4.91. The van der Waals surface area contributed by atoms with Crippen LogP contribution in [-0.2, 0) is 6.54 Å². The van der Waals surface area contributed by atoms with Crippen molar-refractivity contribution in [3.63, 3.8) is 0 Å². The standard InChI is InChI=1S/C14H22N2O2/c1-11(2)5-3-4-8-15-10-13-7-6-12(9-16-13)14(17)18/h6-7,9,11,15H,3-5,8,10H2,1-2H3,(H,17,18). The summed E-state index contributed by atoms with van der Waals surface area (Å²) in [5, 5.41) is 12.1. The van der Waals surface area contributed by atoms with Gasteiger partial charge in [-0.1, -0.05) is 26.7 Å². The third-order valence-electron chi connectivity index (χ3n) is 2.76. The van der Waals surface area contributed by atoms with Crippen molar-refractivity contribution in [3.8, 4) is 0 Å². The van der Waals surface area contributed by atoms with Gasteiger partial charge in [0, 0.05) is 12.7 Å². The van der Waals surface area contributed by atoms with Crippen LogP contribution in [0.25, 0.3) is 0 Å². The van der Waals surface area contributed by atoms with Gasteiger partial charge in [0.2, 0.25) is 0 Å². The number of unbranched alkanes of at least 4 members (excludes halogenated alkanes) is 1. The van der Waals surface area contributed by atoms with Crippen LogP contribution in [0.4, 0.5) is 0 Å². The Balaban J connectivity index is 2.17. The van der Waals surface area contributed by atoms with E-state index < -0.39 is 5.97 Å². The van der Waals surface area contributed by atoms with Gasteiger partial charge < -0.3 is 10.4 Å². The zero-order valence-corrected chi connectivity index (χ0v) is 11.1. The predicted octanol–water partition coefficient (Wildman–Crippen LogP) is 2.70. The van der Waals surface area contributed by atoms with Gasteiger partial charge >= 0.3 is 5.97 Å². The molecule has 4 nitrogen and oxygen atoms in total. The van der Waals surface area contributed by atoms with Crippen molar-refractivity contribution in [2.75, 3.05) is 6.54 Å². The molecule has 0 bridgehead atoms. The average Bonchev–Trinajstić information content (AvgIpc) is 2.34. The highest BCUT2D eigenvalue weighted by Gasteiger charge is 2.02. The summed E-state index contributed by atoms with van der Waals surface area (Å²) in [6.07, 6.45) is 5.09. The van der Waals surface area contributed by atoms with Crippen molar-refractivity contribution >= 4 is 5.97 Å². The molecule has 1 heterocycles. The van der Waals surface area contributed by atoms with Crippen LogP contribution in [0.5, 0.6) is 0 Å². The summed E-state index contributed by atoms with van der Waals surface area (Å²) >= 11 is 0. The van der Waals surface area contributed by atoms with Crippen LogP contribution in [0.15, 0.2) is 18.3 Å². The molecule has 0 saturated carbocycles. The molecule has 1 aromatic heterocycles. The third-order valence-corrected chi connectivity index (χ3v) is 2.76. The van der Waals surface area contributed by atoms with Crippen LogP contribution >= 0.6 is 0 Å². The monoisotopic (exact) mass is 250 g/mol. The number of nitrogens with one attached hydrogen (secondary N) is 1. The van der Waals surface area contributed by atoms with E-state index >= 15 is 0 Å². The molecule has 4 heteroatoms. The molecule has 1 rings (SSSR count). The summed E-state index contributed by atoms with van der Waals surface area (Å²) in [4.78, 5) is 14.7. The van der Waals surface area contributed by atoms with Crippen molar-refractivity contribution in [3.05, 3.63) is 29.6 Å². The van der Waals surface area contributed by atoms with Gasteiger partial charge in [0.1, 0.15) is 0 Å². The number of pyridine rings is 1. The maximum atomic E-state index is 10.6. The predicted molar refractivity (Wildman–Crippen MR) is 71.6 cm³/mol. The Morgan fingerprint density at radius 1 is 1.39 bits per heavy atom. The quantitative estimate of drug-likeness (QED) is 0.696.